The Morgan fingerprint density at radius 2 is 1.89 bits per heavy atom. The van der Waals surface area contributed by atoms with E-state index < -0.39 is 12.6 Å². The number of carbonyl (C=O) groups excluding carboxylic acids is 1. The third-order valence-corrected chi connectivity index (χ3v) is 4.50. The van der Waals surface area contributed by atoms with Gasteiger partial charge >= 0.3 is 12.6 Å². The minimum Gasteiger partial charge on any atom is -0.497 e. The molecule has 0 fully saturated rings. The van der Waals surface area contributed by atoms with Crippen LogP contribution in [-0.4, -0.2) is 24.7 Å². The van der Waals surface area contributed by atoms with E-state index in [-0.39, 0.29) is 17.9 Å². The van der Waals surface area contributed by atoms with Crippen LogP contribution >= 0.6 is 11.3 Å². The number of halogens is 2. The van der Waals surface area contributed by atoms with Crippen LogP contribution in [0.1, 0.15) is 16.1 Å². The van der Waals surface area contributed by atoms with E-state index >= 15 is 0 Å². The van der Waals surface area contributed by atoms with Crippen molar-refractivity contribution in [1.29, 1.82) is 0 Å². The van der Waals surface area contributed by atoms with E-state index in [1.807, 2.05) is 24.3 Å². The zero-order chi connectivity index (χ0) is 19.2. The van der Waals surface area contributed by atoms with Crippen molar-refractivity contribution < 1.29 is 27.8 Å². The number of carbonyl (C=O) groups is 1. The van der Waals surface area contributed by atoms with Gasteiger partial charge in [-0.2, -0.15) is 8.78 Å². The van der Waals surface area contributed by atoms with Crippen molar-refractivity contribution in [2.75, 3.05) is 7.11 Å². The Bertz CT molecular complexity index is 912. The number of aromatic nitrogens is 1. The highest BCUT2D eigenvalue weighted by Gasteiger charge is 2.17. The van der Waals surface area contributed by atoms with Crippen LogP contribution in [0.3, 0.4) is 0 Å². The van der Waals surface area contributed by atoms with Gasteiger partial charge in [-0.3, -0.25) is 0 Å². The molecule has 0 aliphatic heterocycles. The fourth-order valence-electron chi connectivity index (χ4n) is 2.29. The van der Waals surface area contributed by atoms with E-state index in [2.05, 4.69) is 9.72 Å². The van der Waals surface area contributed by atoms with Crippen LogP contribution in [0.4, 0.5) is 8.78 Å². The summed E-state index contributed by atoms with van der Waals surface area (Å²) in [4.78, 5) is 16.6. The van der Waals surface area contributed by atoms with Gasteiger partial charge in [0.2, 0.25) is 0 Å². The van der Waals surface area contributed by atoms with Crippen molar-refractivity contribution in [2.45, 2.75) is 13.2 Å². The number of ether oxygens (including phenoxy) is 3. The van der Waals surface area contributed by atoms with Gasteiger partial charge in [0.05, 0.1) is 12.8 Å². The largest absolute Gasteiger partial charge is 0.497 e. The Balaban J connectivity index is 1.65. The maximum Gasteiger partial charge on any atom is 0.387 e. The number of rotatable bonds is 7. The van der Waals surface area contributed by atoms with Gasteiger partial charge in [-0.25, -0.2) is 9.78 Å². The number of hydrogen-bond donors (Lipinski definition) is 0. The summed E-state index contributed by atoms with van der Waals surface area (Å²) in [5, 5.41) is 2.54. The molecule has 8 heteroatoms. The predicted molar refractivity (Wildman–Crippen MR) is 96.3 cm³/mol. The maximum absolute atomic E-state index is 12.4. The highest BCUT2D eigenvalue weighted by Crippen LogP contribution is 2.26. The highest BCUT2D eigenvalue weighted by atomic mass is 32.1. The summed E-state index contributed by atoms with van der Waals surface area (Å²) in [7, 11) is 1.59. The number of hydrogen-bond acceptors (Lipinski definition) is 6. The van der Waals surface area contributed by atoms with Crippen LogP contribution in [0.2, 0.25) is 0 Å². The summed E-state index contributed by atoms with van der Waals surface area (Å²) in [5.74, 6) is -0.242. The quantitative estimate of drug-likeness (QED) is 0.543. The van der Waals surface area contributed by atoms with Crippen molar-refractivity contribution in [3.63, 3.8) is 0 Å². The van der Waals surface area contributed by atoms with Crippen LogP contribution in [0.25, 0.3) is 10.6 Å². The zero-order valence-electron chi connectivity index (χ0n) is 14.2. The standard InChI is InChI=1S/C19H15F2NO4S/c1-24-14-8-6-12(7-9-14)17-22-13(11-27-17)10-25-18(23)15-4-2-3-5-16(15)26-19(20)21/h2-9,11,19H,10H2,1H3. The molecule has 1 heterocycles. The lowest BCUT2D eigenvalue weighted by Crippen LogP contribution is -2.10. The van der Waals surface area contributed by atoms with Gasteiger partial charge in [0.1, 0.15) is 28.7 Å². The molecule has 2 aromatic carbocycles. The molecule has 0 bridgehead atoms. The first-order valence-corrected chi connectivity index (χ1v) is 8.74. The van der Waals surface area contributed by atoms with Gasteiger partial charge < -0.3 is 14.2 Å². The second kappa shape index (κ2) is 8.59. The fraction of sp³-hybridized carbons (Fsp3) is 0.158. The molecule has 0 saturated heterocycles. The van der Waals surface area contributed by atoms with Gasteiger partial charge in [-0.1, -0.05) is 12.1 Å². The molecule has 3 rings (SSSR count). The molecule has 0 spiro atoms. The Labute approximate surface area is 158 Å². The molecule has 0 aliphatic carbocycles. The van der Waals surface area contributed by atoms with Crippen LogP contribution < -0.4 is 9.47 Å². The van der Waals surface area contributed by atoms with Gasteiger partial charge in [0.25, 0.3) is 0 Å². The van der Waals surface area contributed by atoms with Crippen molar-refractivity contribution in [2.24, 2.45) is 0 Å². The normalized spacial score (nSPS) is 10.7. The van der Waals surface area contributed by atoms with E-state index in [0.29, 0.717) is 5.69 Å². The lowest BCUT2D eigenvalue weighted by Gasteiger charge is -2.09. The first-order valence-electron chi connectivity index (χ1n) is 7.86. The lowest BCUT2D eigenvalue weighted by molar-refractivity contribution is -0.0505. The molecule has 0 amide bonds. The molecule has 1 aromatic heterocycles. The molecule has 3 aromatic rings. The van der Waals surface area contributed by atoms with E-state index in [1.165, 1.54) is 29.5 Å². The highest BCUT2D eigenvalue weighted by molar-refractivity contribution is 7.13. The third kappa shape index (κ3) is 4.79. The summed E-state index contributed by atoms with van der Waals surface area (Å²) in [6.07, 6.45) is 0. The Kier molecular flexibility index (Phi) is 5.97. The number of thiazole rings is 1. The fourth-order valence-corrected chi connectivity index (χ4v) is 3.10. The van der Waals surface area contributed by atoms with Crippen molar-refractivity contribution in [3.8, 4) is 22.1 Å². The Morgan fingerprint density at radius 3 is 2.59 bits per heavy atom. The SMILES string of the molecule is COc1ccc(-c2nc(COC(=O)c3ccccc3OC(F)F)cs2)cc1. The second-order valence-electron chi connectivity index (χ2n) is 5.32. The van der Waals surface area contributed by atoms with E-state index in [0.717, 1.165) is 16.3 Å². The van der Waals surface area contributed by atoms with Crippen LogP contribution in [0.5, 0.6) is 11.5 Å². The average molecular weight is 391 g/mol. The van der Waals surface area contributed by atoms with Crippen LogP contribution in [0.15, 0.2) is 53.9 Å². The number of benzene rings is 2. The number of methoxy groups -OCH3 is 1. The van der Waals surface area contributed by atoms with Crippen molar-refractivity contribution >= 4 is 17.3 Å². The minimum atomic E-state index is -3.02. The molecular formula is C19H15F2NO4S. The van der Waals surface area contributed by atoms with E-state index in [1.54, 1.807) is 18.6 Å². The van der Waals surface area contributed by atoms with Gasteiger partial charge in [-0.15, -0.1) is 11.3 Å². The molecule has 0 N–H and O–H groups in total. The summed E-state index contributed by atoms with van der Waals surface area (Å²) in [5.41, 5.74) is 1.41. The van der Waals surface area contributed by atoms with Crippen molar-refractivity contribution in [1.82, 2.24) is 4.98 Å². The van der Waals surface area contributed by atoms with Crippen molar-refractivity contribution in [3.05, 3.63) is 65.2 Å². The van der Waals surface area contributed by atoms with Gasteiger partial charge in [-0.05, 0) is 36.4 Å². The number of esters is 1. The average Bonchev–Trinajstić information content (AvgIpc) is 3.15. The third-order valence-electron chi connectivity index (χ3n) is 3.56. The number of para-hydroxylation sites is 1. The number of alkyl halides is 2. The van der Waals surface area contributed by atoms with Crippen LogP contribution in [-0.2, 0) is 11.3 Å². The first kappa shape index (κ1) is 18.8. The molecule has 5 nitrogen and oxygen atoms in total. The van der Waals surface area contributed by atoms with Gasteiger partial charge in [0.15, 0.2) is 0 Å². The van der Waals surface area contributed by atoms with E-state index in [4.69, 9.17) is 9.47 Å². The summed E-state index contributed by atoms with van der Waals surface area (Å²) in [6.45, 7) is -3.10. The molecule has 27 heavy (non-hydrogen) atoms. The topological polar surface area (TPSA) is 57.7 Å². The van der Waals surface area contributed by atoms with Gasteiger partial charge in [0, 0.05) is 10.9 Å². The monoisotopic (exact) mass is 391 g/mol. The molecular weight excluding hydrogens is 376 g/mol. The summed E-state index contributed by atoms with van der Waals surface area (Å²) >= 11 is 1.41. The molecule has 0 aliphatic rings. The molecule has 0 unspecified atom stereocenters. The summed E-state index contributed by atoms with van der Waals surface area (Å²) in [6, 6.07) is 13.1. The maximum atomic E-state index is 12.4. The first-order chi connectivity index (χ1) is 13.1. The molecule has 140 valence electrons. The number of nitrogens with zero attached hydrogens (tertiary/aromatic N) is 1. The molecule has 0 atom stereocenters. The lowest BCUT2D eigenvalue weighted by atomic mass is 10.2. The molecule has 0 saturated carbocycles. The second-order valence-corrected chi connectivity index (χ2v) is 6.18. The summed E-state index contributed by atoms with van der Waals surface area (Å²) < 4.78 is 39.5. The van der Waals surface area contributed by atoms with Crippen LogP contribution in [0, 0.1) is 0 Å². The Hall–Kier alpha value is -3.00. The minimum absolute atomic E-state index is 0.0663. The Morgan fingerprint density at radius 1 is 1.15 bits per heavy atom. The molecule has 0 radical (unpaired) electrons. The zero-order valence-corrected chi connectivity index (χ0v) is 15.0. The van der Waals surface area contributed by atoms with E-state index in [9.17, 15) is 13.6 Å². The smallest absolute Gasteiger partial charge is 0.387 e. The predicted octanol–water partition coefficient (Wildman–Crippen LogP) is 4.78.